The van der Waals surface area contributed by atoms with Gasteiger partial charge in [-0.25, -0.2) is 0 Å². The molecule has 16 heavy (non-hydrogen) atoms. The van der Waals surface area contributed by atoms with E-state index < -0.39 is 0 Å². The van der Waals surface area contributed by atoms with Gasteiger partial charge in [-0.15, -0.1) is 0 Å². The third-order valence-corrected chi connectivity index (χ3v) is 3.00. The molecule has 0 aliphatic heterocycles. The molecule has 1 atom stereocenters. The number of nitrogens with zero attached hydrogens (tertiary/aromatic N) is 2. The molecule has 0 saturated carbocycles. The first kappa shape index (κ1) is 15.8. The van der Waals surface area contributed by atoms with Crippen LogP contribution in [0.4, 0.5) is 0 Å². The monoisotopic (exact) mass is 230 g/mol. The van der Waals surface area contributed by atoms with Gasteiger partial charge in [0, 0.05) is 38.3 Å². The Morgan fingerprint density at radius 2 is 1.81 bits per heavy atom. The molecule has 0 aliphatic rings. The highest BCUT2D eigenvalue weighted by Crippen LogP contribution is 2.09. The molecular weight excluding hydrogens is 200 g/mol. The third kappa shape index (κ3) is 7.17. The molecule has 0 bridgehead atoms. The Bertz CT molecular complexity index is 172. The predicted octanol–water partition coefficient (Wildman–Crippen LogP) is 0.197. The Labute approximate surface area is 101 Å². The van der Waals surface area contributed by atoms with Gasteiger partial charge in [0.1, 0.15) is 0 Å². The Balaban J connectivity index is 3.85. The van der Waals surface area contributed by atoms with Gasteiger partial charge in [0.05, 0.1) is 0 Å². The number of nitrogens with two attached hydrogens (primary N) is 1. The van der Waals surface area contributed by atoms with E-state index in [0.717, 1.165) is 39.1 Å². The molecule has 0 aliphatic carbocycles. The lowest BCUT2D eigenvalue weighted by molar-refractivity contribution is 0.230. The maximum absolute atomic E-state index is 5.51. The molecule has 0 fully saturated rings. The summed E-state index contributed by atoms with van der Waals surface area (Å²) in [6, 6.07) is 0. The number of hydrogen-bond donors (Lipinski definition) is 2. The Morgan fingerprint density at radius 3 is 2.25 bits per heavy atom. The van der Waals surface area contributed by atoms with Gasteiger partial charge in [-0.2, -0.15) is 0 Å². The zero-order chi connectivity index (χ0) is 12.6. The fraction of sp³-hybridized carbons (Fsp3) is 1.00. The Hall–Kier alpha value is -0.160. The smallest absolute Gasteiger partial charge is 0.0278 e. The van der Waals surface area contributed by atoms with Crippen molar-refractivity contribution in [2.24, 2.45) is 5.73 Å². The SMILES string of the molecule is CCC(C)(CN(C)C)NCCN(C)CCN. The molecule has 0 saturated heterocycles. The lowest BCUT2D eigenvalue weighted by Gasteiger charge is -2.33. The highest BCUT2D eigenvalue weighted by molar-refractivity contribution is 4.84. The molecule has 0 spiro atoms. The maximum Gasteiger partial charge on any atom is 0.0278 e. The summed E-state index contributed by atoms with van der Waals surface area (Å²) >= 11 is 0. The highest BCUT2D eigenvalue weighted by Gasteiger charge is 2.21. The number of nitrogens with one attached hydrogen (secondary N) is 1. The second-order valence-corrected chi connectivity index (χ2v) is 5.17. The molecule has 98 valence electrons. The Morgan fingerprint density at radius 1 is 1.19 bits per heavy atom. The van der Waals surface area contributed by atoms with Crippen LogP contribution in [0.3, 0.4) is 0 Å². The van der Waals surface area contributed by atoms with Crippen molar-refractivity contribution in [3.63, 3.8) is 0 Å². The van der Waals surface area contributed by atoms with Gasteiger partial charge in [0.2, 0.25) is 0 Å². The second-order valence-electron chi connectivity index (χ2n) is 5.17. The minimum Gasteiger partial charge on any atom is -0.329 e. The standard InChI is InChI=1S/C12H30N4/c1-6-12(2,11-15(3)4)14-8-10-16(5)9-7-13/h14H,6-11,13H2,1-5H3. The molecule has 0 aromatic rings. The van der Waals surface area contributed by atoms with Gasteiger partial charge in [-0.3, -0.25) is 0 Å². The van der Waals surface area contributed by atoms with E-state index in [1.54, 1.807) is 0 Å². The first-order valence-electron chi connectivity index (χ1n) is 6.22. The molecule has 0 heterocycles. The lowest BCUT2D eigenvalue weighted by Crippen LogP contribution is -2.51. The van der Waals surface area contributed by atoms with Gasteiger partial charge in [-0.1, -0.05) is 6.92 Å². The third-order valence-electron chi connectivity index (χ3n) is 3.00. The molecule has 0 amide bonds. The fourth-order valence-electron chi connectivity index (χ4n) is 1.87. The molecule has 4 heteroatoms. The number of likely N-dealkylation sites (N-methyl/N-ethyl adjacent to an activating group) is 2. The van der Waals surface area contributed by atoms with Crippen molar-refractivity contribution in [2.45, 2.75) is 25.8 Å². The van der Waals surface area contributed by atoms with Gasteiger partial charge >= 0.3 is 0 Å². The fourth-order valence-corrected chi connectivity index (χ4v) is 1.87. The normalized spacial score (nSPS) is 15.8. The van der Waals surface area contributed by atoms with Crippen LogP contribution in [0.2, 0.25) is 0 Å². The summed E-state index contributed by atoms with van der Waals surface area (Å²) < 4.78 is 0. The van der Waals surface area contributed by atoms with Crippen LogP contribution in [0.25, 0.3) is 0 Å². The summed E-state index contributed by atoms with van der Waals surface area (Å²) in [6.07, 6.45) is 1.14. The van der Waals surface area contributed by atoms with Crippen LogP contribution in [0.1, 0.15) is 20.3 Å². The first-order chi connectivity index (χ1) is 7.43. The molecule has 3 N–H and O–H groups in total. The van der Waals surface area contributed by atoms with Crippen molar-refractivity contribution < 1.29 is 0 Å². The first-order valence-corrected chi connectivity index (χ1v) is 6.22. The van der Waals surface area contributed by atoms with Gasteiger partial charge in [0.15, 0.2) is 0 Å². The molecule has 0 aromatic carbocycles. The largest absolute Gasteiger partial charge is 0.329 e. The summed E-state index contributed by atoms with van der Waals surface area (Å²) in [7, 11) is 6.36. The maximum atomic E-state index is 5.51. The van der Waals surface area contributed by atoms with E-state index in [2.05, 4.69) is 50.1 Å². The van der Waals surface area contributed by atoms with Crippen LogP contribution < -0.4 is 11.1 Å². The van der Waals surface area contributed by atoms with Crippen molar-refractivity contribution in [3.05, 3.63) is 0 Å². The van der Waals surface area contributed by atoms with E-state index in [1.807, 2.05) is 0 Å². The molecule has 0 rings (SSSR count). The predicted molar refractivity (Wildman–Crippen MR) is 71.8 cm³/mol. The summed E-state index contributed by atoms with van der Waals surface area (Å²) in [5.41, 5.74) is 5.73. The van der Waals surface area contributed by atoms with Crippen molar-refractivity contribution in [3.8, 4) is 0 Å². The number of hydrogen-bond acceptors (Lipinski definition) is 4. The zero-order valence-corrected chi connectivity index (χ0v) is 11.7. The van der Waals surface area contributed by atoms with Crippen LogP contribution in [0, 0.1) is 0 Å². The highest BCUT2D eigenvalue weighted by atomic mass is 15.2. The van der Waals surface area contributed by atoms with Crippen LogP contribution in [-0.4, -0.2) is 69.2 Å². The van der Waals surface area contributed by atoms with E-state index in [-0.39, 0.29) is 5.54 Å². The van der Waals surface area contributed by atoms with E-state index in [9.17, 15) is 0 Å². The minimum absolute atomic E-state index is 0.215. The van der Waals surface area contributed by atoms with Crippen LogP contribution in [0.5, 0.6) is 0 Å². The number of rotatable bonds is 9. The van der Waals surface area contributed by atoms with Gasteiger partial charge < -0.3 is 20.9 Å². The van der Waals surface area contributed by atoms with E-state index >= 15 is 0 Å². The topological polar surface area (TPSA) is 44.5 Å². The molecule has 1 unspecified atom stereocenters. The van der Waals surface area contributed by atoms with E-state index in [0.29, 0.717) is 0 Å². The van der Waals surface area contributed by atoms with Crippen molar-refractivity contribution in [1.82, 2.24) is 15.1 Å². The van der Waals surface area contributed by atoms with E-state index in [1.165, 1.54) is 0 Å². The lowest BCUT2D eigenvalue weighted by atomic mass is 9.98. The van der Waals surface area contributed by atoms with Gasteiger partial charge in [-0.05, 0) is 34.5 Å². The summed E-state index contributed by atoms with van der Waals surface area (Å²) in [4.78, 5) is 4.50. The van der Waals surface area contributed by atoms with Crippen LogP contribution >= 0.6 is 0 Å². The molecule has 0 aromatic heterocycles. The summed E-state index contributed by atoms with van der Waals surface area (Å²) in [5, 5.41) is 3.64. The quantitative estimate of drug-likeness (QED) is 0.594. The average Bonchev–Trinajstić information content (AvgIpc) is 2.17. The Kier molecular flexibility index (Phi) is 7.93. The van der Waals surface area contributed by atoms with Crippen molar-refractivity contribution in [1.29, 1.82) is 0 Å². The van der Waals surface area contributed by atoms with Crippen molar-refractivity contribution >= 4 is 0 Å². The van der Waals surface area contributed by atoms with Crippen molar-refractivity contribution in [2.75, 3.05) is 53.9 Å². The molecule has 0 radical (unpaired) electrons. The molecular formula is C12H30N4. The zero-order valence-electron chi connectivity index (χ0n) is 11.7. The summed E-state index contributed by atoms with van der Waals surface area (Å²) in [6.45, 7) is 9.38. The second kappa shape index (κ2) is 8.01. The van der Waals surface area contributed by atoms with E-state index in [4.69, 9.17) is 5.73 Å². The van der Waals surface area contributed by atoms with Gasteiger partial charge in [0.25, 0.3) is 0 Å². The van der Waals surface area contributed by atoms with Crippen LogP contribution in [-0.2, 0) is 0 Å². The minimum atomic E-state index is 0.215. The molecule has 4 nitrogen and oxygen atoms in total. The van der Waals surface area contributed by atoms with Crippen LogP contribution in [0.15, 0.2) is 0 Å². The summed E-state index contributed by atoms with van der Waals surface area (Å²) in [5.74, 6) is 0. The average molecular weight is 230 g/mol.